The number of benzene rings is 1. The van der Waals surface area contributed by atoms with Gasteiger partial charge in [0.1, 0.15) is 36.8 Å². The molecule has 0 spiro atoms. The maximum absolute atomic E-state index is 14.3. The molecule has 16 atom stereocenters. The quantitative estimate of drug-likeness (QED) is 0.110. The van der Waals surface area contributed by atoms with E-state index >= 15 is 0 Å². The van der Waals surface area contributed by atoms with Crippen LogP contribution in [0.1, 0.15) is 112 Å². The summed E-state index contributed by atoms with van der Waals surface area (Å²) >= 11 is 0. The minimum absolute atomic E-state index is 0.0253. The lowest BCUT2D eigenvalue weighted by atomic mass is 9.82. The molecule has 0 aliphatic carbocycles. The third-order valence-electron chi connectivity index (χ3n) is 14.4. The molecular formula is C56H83N3O16. The summed E-state index contributed by atoms with van der Waals surface area (Å²) < 4.78 is 56.2. The Bertz CT molecular complexity index is 2160. The van der Waals surface area contributed by atoms with E-state index in [0.29, 0.717) is 32.4 Å². The maximum atomic E-state index is 14.3. The summed E-state index contributed by atoms with van der Waals surface area (Å²) in [7, 11) is 6.81. The van der Waals surface area contributed by atoms with Gasteiger partial charge in [-0.1, -0.05) is 51.1 Å². The Morgan fingerprint density at radius 2 is 1.64 bits per heavy atom. The molecule has 0 amide bonds. The summed E-state index contributed by atoms with van der Waals surface area (Å²) in [5, 5.41) is 24.1. The van der Waals surface area contributed by atoms with Gasteiger partial charge in [0.15, 0.2) is 24.3 Å². The van der Waals surface area contributed by atoms with Crippen molar-refractivity contribution < 1.29 is 76.8 Å². The van der Waals surface area contributed by atoms with Crippen LogP contribution in [0.2, 0.25) is 0 Å². The Balaban J connectivity index is 1.45. The molecule has 2 aromatic rings. The molecule has 3 fully saturated rings. The number of carbonyl (C=O) groups is 5. The van der Waals surface area contributed by atoms with Gasteiger partial charge in [0.25, 0.3) is 0 Å². The Hall–Kier alpha value is -4.70. The number of nitrogens with zero attached hydrogens (tertiary/aromatic N) is 3. The van der Waals surface area contributed by atoms with E-state index in [9.17, 15) is 34.2 Å². The second kappa shape index (κ2) is 29.2. The first kappa shape index (κ1) is 61.2. The van der Waals surface area contributed by atoms with E-state index in [0.717, 1.165) is 23.0 Å². The average Bonchev–Trinajstić information content (AvgIpc) is 3.35. The molecule has 5 rings (SSSR count). The first-order valence-electron chi connectivity index (χ1n) is 26.4. The Kier molecular flexibility index (Phi) is 23.8. The second-order valence-electron chi connectivity index (χ2n) is 20.7. The molecule has 3 aliphatic rings. The Morgan fingerprint density at radius 1 is 0.933 bits per heavy atom. The van der Waals surface area contributed by atoms with Crippen LogP contribution in [0.5, 0.6) is 0 Å². The Morgan fingerprint density at radius 3 is 2.29 bits per heavy atom. The summed E-state index contributed by atoms with van der Waals surface area (Å²) in [4.78, 5) is 73.0. The number of methoxy groups -OCH3 is 1. The molecular weight excluding hydrogens is 971 g/mol. The van der Waals surface area contributed by atoms with E-state index in [1.165, 1.54) is 14.0 Å². The summed E-state index contributed by atoms with van der Waals surface area (Å²) in [6, 6.07) is 11.1. The van der Waals surface area contributed by atoms with Gasteiger partial charge in [-0.2, -0.15) is 0 Å². The van der Waals surface area contributed by atoms with Crippen LogP contribution >= 0.6 is 0 Å². The molecule has 2 N–H and O–H groups in total. The monoisotopic (exact) mass is 1050 g/mol. The van der Waals surface area contributed by atoms with E-state index in [4.69, 9.17) is 42.6 Å². The number of likely N-dealkylation sites (N-methyl/N-ethyl adjacent to an activating group) is 2. The third kappa shape index (κ3) is 17.4. The first-order chi connectivity index (χ1) is 35.7. The number of pyridine rings is 1. The van der Waals surface area contributed by atoms with Crippen LogP contribution in [0.4, 0.5) is 0 Å². The molecule has 5 unspecified atom stereocenters. The zero-order chi connectivity index (χ0) is 55.0. The van der Waals surface area contributed by atoms with Crippen LogP contribution in [0.3, 0.4) is 0 Å². The van der Waals surface area contributed by atoms with Crippen LogP contribution in [-0.4, -0.2) is 182 Å². The normalized spacial score (nSPS) is 33.8. The highest BCUT2D eigenvalue weighted by Gasteiger charge is 2.54. The van der Waals surface area contributed by atoms with E-state index in [1.807, 2.05) is 61.4 Å². The van der Waals surface area contributed by atoms with Crippen molar-refractivity contribution in [2.75, 3.05) is 41.3 Å². The zero-order valence-corrected chi connectivity index (χ0v) is 45.7. The van der Waals surface area contributed by atoms with Crippen molar-refractivity contribution in [3.8, 4) is 11.1 Å². The predicted molar refractivity (Wildman–Crippen MR) is 276 cm³/mol. The van der Waals surface area contributed by atoms with Crippen molar-refractivity contribution in [3.63, 3.8) is 0 Å². The fourth-order valence-electron chi connectivity index (χ4n) is 10.6. The van der Waals surface area contributed by atoms with Crippen LogP contribution in [-0.2, 0) is 66.6 Å². The number of hydrogen-bond donors (Lipinski definition) is 2. The molecule has 0 bridgehead atoms. The maximum Gasteiger partial charge on any atom is 0.309 e. The minimum Gasteiger partial charge on any atom is -0.462 e. The fourth-order valence-corrected chi connectivity index (χ4v) is 10.6. The zero-order valence-electron chi connectivity index (χ0n) is 45.7. The van der Waals surface area contributed by atoms with Gasteiger partial charge in [-0.3, -0.25) is 24.2 Å². The van der Waals surface area contributed by atoms with Crippen molar-refractivity contribution in [3.05, 3.63) is 60.4 Å². The highest BCUT2D eigenvalue weighted by Crippen LogP contribution is 2.39. The van der Waals surface area contributed by atoms with Gasteiger partial charge >= 0.3 is 23.9 Å². The lowest BCUT2D eigenvalue weighted by Crippen LogP contribution is -2.66. The number of carbonyl (C=O) groups excluding carboxylic acids is 5. The number of aldehydes is 1. The van der Waals surface area contributed by atoms with Gasteiger partial charge in [0.05, 0.1) is 36.9 Å². The van der Waals surface area contributed by atoms with Gasteiger partial charge in [-0.05, 0) is 114 Å². The van der Waals surface area contributed by atoms with Crippen molar-refractivity contribution in [1.82, 2.24) is 14.8 Å². The molecule has 418 valence electrons. The van der Waals surface area contributed by atoms with Crippen LogP contribution in [0.15, 0.2) is 54.9 Å². The molecule has 3 aliphatic heterocycles. The first-order valence-corrected chi connectivity index (χ1v) is 26.4. The predicted octanol–water partition coefficient (Wildman–Crippen LogP) is 5.69. The van der Waals surface area contributed by atoms with Crippen molar-refractivity contribution in [1.29, 1.82) is 0 Å². The van der Waals surface area contributed by atoms with Gasteiger partial charge in [-0.25, -0.2) is 0 Å². The van der Waals surface area contributed by atoms with Crippen LogP contribution in [0.25, 0.3) is 17.2 Å². The number of hydrogen-bond acceptors (Lipinski definition) is 19. The van der Waals surface area contributed by atoms with Crippen molar-refractivity contribution >= 4 is 36.2 Å². The summed E-state index contributed by atoms with van der Waals surface area (Å²) in [5.74, 6) is -3.47. The molecule has 1 aromatic carbocycles. The number of cyclic esters (lactones) is 1. The van der Waals surface area contributed by atoms with Gasteiger partial charge in [0.2, 0.25) is 0 Å². The largest absolute Gasteiger partial charge is 0.462 e. The number of aliphatic hydroxyl groups is 2. The number of aromatic nitrogens is 1. The van der Waals surface area contributed by atoms with E-state index in [1.54, 1.807) is 66.0 Å². The minimum atomic E-state index is -1.44. The summed E-state index contributed by atoms with van der Waals surface area (Å²) in [5.41, 5.74) is 1.69. The fraction of sp³-hybridized carbons (Fsp3) is 0.679. The molecule has 4 heterocycles. The molecule has 0 radical (unpaired) electrons. The number of β-amino-alcohol motifs (C(OH)–C–C–N with tert-alkyl or cyclic N) is 1. The molecule has 19 heteroatoms. The van der Waals surface area contributed by atoms with Crippen LogP contribution in [0, 0.1) is 11.8 Å². The molecule has 3 saturated heterocycles. The molecule has 0 saturated carbocycles. The SMILES string of the molecule is CCC(=O)O[C@@H]1CC(=O)O[C@@H](C/C=C/c2cccc(-c3ccncc3)c2)CCCN(C)C[C@H](O)[C@H](C)C[C@H](CC=O)[C@H](O[C@@H]2OC(C)[C@H](O[C@H]3CC(C)(OC(C)=O)[C@@H](OC(=O)CC)C(C)O3)C(N(C)C)C2O)[C@H]1OC. The molecule has 19 nitrogen and oxygen atoms in total. The highest BCUT2D eigenvalue weighted by molar-refractivity contribution is 5.73. The highest BCUT2D eigenvalue weighted by atomic mass is 16.7. The summed E-state index contributed by atoms with van der Waals surface area (Å²) in [6.07, 6.45) is -2.92. The van der Waals surface area contributed by atoms with Gasteiger partial charge in [0, 0.05) is 65.1 Å². The number of ether oxygens (including phenoxy) is 9. The van der Waals surface area contributed by atoms with Crippen molar-refractivity contribution in [2.45, 2.75) is 192 Å². The standard InChI is InChI=1S/C56H83N3O16/c1-12-45(63)71-44-31-47(65)70-42(20-15-18-38-17-14-19-40(30-38)39-22-25-57-26-23-39)21-16-27-59(10)33-43(62)34(3)29-41(24-28-60)52(53(44)67-11)74-55-50(66)49(58(8)9)51(35(4)69-55)73-48-32-56(7,75-37(6)61)54(36(5)68-48)72-46(64)13-2/h14-15,17-19,22-23,25-26,28,30,34-36,41-44,48-55,62,66H,12-13,16,20-21,24,27,29,31-33H2,1-11H3/b18-15+/t34-,35?,36?,41+,42+,43+,44-,48+,49?,50?,51+,52+,53+,54+,55+,56?/m1/s1. The average molecular weight is 1050 g/mol. The second-order valence-corrected chi connectivity index (χ2v) is 20.7. The summed E-state index contributed by atoms with van der Waals surface area (Å²) in [6.45, 7) is 12.4. The number of aliphatic hydroxyl groups excluding tert-OH is 2. The van der Waals surface area contributed by atoms with Crippen LogP contribution < -0.4 is 0 Å². The smallest absolute Gasteiger partial charge is 0.309 e. The van der Waals surface area contributed by atoms with E-state index < -0.39 is 127 Å². The molecule has 75 heavy (non-hydrogen) atoms. The number of esters is 4. The lowest BCUT2D eigenvalue weighted by molar-refractivity contribution is -0.344. The van der Waals surface area contributed by atoms with E-state index in [-0.39, 0.29) is 32.1 Å². The lowest BCUT2D eigenvalue weighted by Gasteiger charge is -2.50. The molecule has 1 aromatic heterocycles. The topological polar surface area (TPSA) is 228 Å². The Labute approximate surface area is 442 Å². The van der Waals surface area contributed by atoms with Gasteiger partial charge in [-0.15, -0.1) is 0 Å². The van der Waals surface area contributed by atoms with Crippen molar-refractivity contribution in [2.24, 2.45) is 11.8 Å². The number of rotatable bonds is 17. The third-order valence-corrected chi connectivity index (χ3v) is 14.4. The van der Waals surface area contributed by atoms with Gasteiger partial charge < -0.3 is 67.4 Å². The van der Waals surface area contributed by atoms with E-state index in [2.05, 4.69) is 11.1 Å².